The minimum atomic E-state index is 0.977. The van der Waals surface area contributed by atoms with E-state index >= 15 is 0 Å². The smallest absolute Gasteiger partial charge is 0.101 e. The van der Waals surface area contributed by atoms with Crippen LogP contribution < -0.4 is 4.90 Å². The molecule has 2 nitrogen and oxygen atoms in total. The van der Waals surface area contributed by atoms with Crippen molar-refractivity contribution in [1.29, 1.82) is 0 Å². The fourth-order valence-corrected chi connectivity index (χ4v) is 2.07. The van der Waals surface area contributed by atoms with Gasteiger partial charge in [0.2, 0.25) is 0 Å². The number of ether oxygens (including phenoxy) is 1. The highest BCUT2D eigenvalue weighted by Gasteiger charge is 2.12. The third kappa shape index (κ3) is 5.61. The molecular formula is C12H26NO+. The molecule has 1 heterocycles. The van der Waals surface area contributed by atoms with Gasteiger partial charge in [0.05, 0.1) is 19.8 Å². The van der Waals surface area contributed by atoms with Crippen LogP contribution in [-0.2, 0) is 4.74 Å². The molecule has 1 saturated heterocycles. The fraction of sp³-hybridized carbons (Fsp3) is 1.00. The molecule has 1 fully saturated rings. The number of quaternary nitrogens is 1. The highest BCUT2D eigenvalue weighted by molar-refractivity contribution is 4.44. The molecule has 1 aliphatic rings. The van der Waals surface area contributed by atoms with Crippen molar-refractivity contribution >= 4 is 0 Å². The van der Waals surface area contributed by atoms with Gasteiger partial charge in [0.25, 0.3) is 0 Å². The first kappa shape index (κ1) is 12.0. The van der Waals surface area contributed by atoms with E-state index in [0.29, 0.717) is 0 Å². The summed E-state index contributed by atoms with van der Waals surface area (Å²) in [6.07, 6.45) is 8.51. The summed E-state index contributed by atoms with van der Waals surface area (Å²) in [5, 5.41) is 0. The summed E-state index contributed by atoms with van der Waals surface area (Å²) >= 11 is 0. The topological polar surface area (TPSA) is 13.7 Å². The van der Waals surface area contributed by atoms with Crippen LogP contribution >= 0.6 is 0 Å². The van der Waals surface area contributed by atoms with Crippen molar-refractivity contribution in [3.8, 4) is 0 Å². The molecule has 0 spiro atoms. The van der Waals surface area contributed by atoms with Crippen molar-refractivity contribution in [3.05, 3.63) is 0 Å². The first-order chi connectivity index (χ1) is 6.93. The number of morpholine rings is 1. The fourth-order valence-electron chi connectivity index (χ4n) is 2.07. The lowest BCUT2D eigenvalue weighted by atomic mass is 10.1. The van der Waals surface area contributed by atoms with Crippen LogP contribution in [0.5, 0.6) is 0 Å². The van der Waals surface area contributed by atoms with E-state index in [1.54, 1.807) is 4.90 Å². The highest BCUT2D eigenvalue weighted by Crippen LogP contribution is 2.03. The highest BCUT2D eigenvalue weighted by atomic mass is 16.5. The lowest BCUT2D eigenvalue weighted by Gasteiger charge is -2.23. The standard InChI is InChI=1S/C12H25NO/c1-2-3-4-5-6-7-8-13-9-11-14-12-10-13/h2-12H2,1H3/p+1. The average molecular weight is 200 g/mol. The van der Waals surface area contributed by atoms with Crippen LogP contribution in [0.2, 0.25) is 0 Å². The molecule has 0 saturated carbocycles. The van der Waals surface area contributed by atoms with Crippen molar-refractivity contribution in [3.63, 3.8) is 0 Å². The maximum absolute atomic E-state index is 5.34. The third-order valence-electron chi connectivity index (χ3n) is 3.08. The van der Waals surface area contributed by atoms with Crippen molar-refractivity contribution in [2.45, 2.75) is 45.4 Å². The van der Waals surface area contributed by atoms with Crippen LogP contribution in [0, 0.1) is 0 Å². The number of unbranched alkanes of at least 4 members (excludes halogenated alkanes) is 5. The van der Waals surface area contributed by atoms with Crippen molar-refractivity contribution in [2.24, 2.45) is 0 Å². The summed E-state index contributed by atoms with van der Waals surface area (Å²) in [7, 11) is 0. The van der Waals surface area contributed by atoms with Gasteiger partial charge in [-0.2, -0.15) is 0 Å². The van der Waals surface area contributed by atoms with E-state index < -0.39 is 0 Å². The summed E-state index contributed by atoms with van der Waals surface area (Å²) in [5.74, 6) is 0. The molecule has 0 aromatic rings. The number of rotatable bonds is 7. The van der Waals surface area contributed by atoms with E-state index in [4.69, 9.17) is 4.74 Å². The second-order valence-corrected chi connectivity index (χ2v) is 4.38. The van der Waals surface area contributed by atoms with Gasteiger partial charge in [0, 0.05) is 0 Å². The molecule has 84 valence electrons. The first-order valence-corrected chi connectivity index (χ1v) is 6.35. The zero-order valence-corrected chi connectivity index (χ0v) is 9.69. The number of hydrogen-bond acceptors (Lipinski definition) is 1. The molecule has 14 heavy (non-hydrogen) atoms. The SMILES string of the molecule is CCCCCCCC[NH+]1CCOCC1. The Morgan fingerprint density at radius 2 is 1.57 bits per heavy atom. The molecule has 0 aliphatic carbocycles. The molecule has 0 unspecified atom stereocenters. The van der Waals surface area contributed by atoms with Gasteiger partial charge in [-0.25, -0.2) is 0 Å². The monoisotopic (exact) mass is 200 g/mol. The van der Waals surface area contributed by atoms with Gasteiger partial charge in [-0.1, -0.05) is 32.6 Å². The molecule has 1 N–H and O–H groups in total. The molecule has 2 heteroatoms. The number of nitrogens with one attached hydrogen (secondary N) is 1. The van der Waals surface area contributed by atoms with Crippen LogP contribution in [-0.4, -0.2) is 32.8 Å². The predicted molar refractivity (Wildman–Crippen MR) is 59.8 cm³/mol. The second-order valence-electron chi connectivity index (χ2n) is 4.38. The Kier molecular flexibility index (Phi) is 7.06. The van der Waals surface area contributed by atoms with Gasteiger partial charge < -0.3 is 9.64 Å². The summed E-state index contributed by atoms with van der Waals surface area (Å²) in [6, 6.07) is 0. The second kappa shape index (κ2) is 8.25. The summed E-state index contributed by atoms with van der Waals surface area (Å²) in [4.78, 5) is 1.76. The van der Waals surface area contributed by atoms with Gasteiger partial charge in [0.1, 0.15) is 13.1 Å². The van der Waals surface area contributed by atoms with E-state index in [2.05, 4.69) is 6.92 Å². The van der Waals surface area contributed by atoms with E-state index in [9.17, 15) is 0 Å². The largest absolute Gasteiger partial charge is 0.370 e. The predicted octanol–water partition coefficient (Wildman–Crippen LogP) is 1.26. The summed E-state index contributed by atoms with van der Waals surface area (Å²) < 4.78 is 5.34. The average Bonchev–Trinajstić information content (AvgIpc) is 2.25. The Hall–Kier alpha value is -0.0800. The van der Waals surface area contributed by atoms with Crippen molar-refractivity contribution < 1.29 is 9.64 Å². The molecule has 0 aromatic carbocycles. The molecule has 0 radical (unpaired) electrons. The van der Waals surface area contributed by atoms with Crippen LogP contribution in [0.1, 0.15) is 45.4 Å². The van der Waals surface area contributed by atoms with Crippen LogP contribution in [0.4, 0.5) is 0 Å². The van der Waals surface area contributed by atoms with Crippen molar-refractivity contribution in [2.75, 3.05) is 32.8 Å². The van der Waals surface area contributed by atoms with Gasteiger partial charge in [-0.3, -0.25) is 0 Å². The summed E-state index contributed by atoms with van der Waals surface area (Å²) in [6.45, 7) is 8.06. The van der Waals surface area contributed by atoms with Crippen LogP contribution in [0.3, 0.4) is 0 Å². The summed E-state index contributed by atoms with van der Waals surface area (Å²) in [5.41, 5.74) is 0. The molecular weight excluding hydrogens is 174 g/mol. The maximum Gasteiger partial charge on any atom is 0.101 e. The molecule has 1 rings (SSSR count). The lowest BCUT2D eigenvalue weighted by Crippen LogP contribution is -3.14. The molecule has 0 amide bonds. The minimum absolute atomic E-state index is 0.977. The first-order valence-electron chi connectivity index (χ1n) is 6.35. The van der Waals surface area contributed by atoms with Gasteiger partial charge >= 0.3 is 0 Å². The van der Waals surface area contributed by atoms with E-state index in [1.807, 2.05) is 0 Å². The molecule has 0 bridgehead atoms. The van der Waals surface area contributed by atoms with E-state index in [1.165, 1.54) is 58.2 Å². The van der Waals surface area contributed by atoms with Crippen LogP contribution in [0.25, 0.3) is 0 Å². The zero-order chi connectivity index (χ0) is 10.1. The van der Waals surface area contributed by atoms with Crippen LogP contribution in [0.15, 0.2) is 0 Å². The lowest BCUT2D eigenvalue weighted by molar-refractivity contribution is -0.908. The third-order valence-corrected chi connectivity index (χ3v) is 3.08. The van der Waals surface area contributed by atoms with E-state index in [-0.39, 0.29) is 0 Å². The Labute approximate surface area is 88.6 Å². The van der Waals surface area contributed by atoms with Gasteiger partial charge in [0.15, 0.2) is 0 Å². The molecule has 0 aromatic heterocycles. The minimum Gasteiger partial charge on any atom is -0.370 e. The Morgan fingerprint density at radius 1 is 0.929 bits per heavy atom. The number of hydrogen-bond donors (Lipinski definition) is 1. The van der Waals surface area contributed by atoms with Gasteiger partial charge in [-0.05, 0) is 12.8 Å². The molecule has 0 atom stereocenters. The normalized spacial score (nSPS) is 18.6. The Balaban J connectivity index is 1.82. The van der Waals surface area contributed by atoms with Gasteiger partial charge in [-0.15, -0.1) is 0 Å². The zero-order valence-electron chi connectivity index (χ0n) is 9.69. The quantitative estimate of drug-likeness (QED) is 0.611. The molecule has 1 aliphatic heterocycles. The van der Waals surface area contributed by atoms with Crippen molar-refractivity contribution in [1.82, 2.24) is 0 Å². The Bertz CT molecular complexity index is 121. The Morgan fingerprint density at radius 3 is 2.29 bits per heavy atom. The maximum atomic E-state index is 5.34. The van der Waals surface area contributed by atoms with E-state index in [0.717, 1.165) is 13.2 Å².